The minimum Gasteiger partial charge on any atom is -0.386 e. The molecular weight excluding hydrogens is 614 g/mol. The van der Waals surface area contributed by atoms with Crippen LogP contribution in [-0.4, -0.2) is 109 Å². The van der Waals surface area contributed by atoms with E-state index in [1.165, 1.54) is 0 Å². The summed E-state index contributed by atoms with van der Waals surface area (Å²) in [7, 11) is 4.84. The third kappa shape index (κ3) is 10.2. The Labute approximate surface area is 286 Å². The van der Waals surface area contributed by atoms with Crippen molar-refractivity contribution in [1.82, 2.24) is 20.4 Å². The van der Waals surface area contributed by atoms with Crippen molar-refractivity contribution in [2.24, 2.45) is 17.6 Å². The first-order valence-corrected chi connectivity index (χ1v) is 17.4. The molecule has 1 aliphatic heterocycles. The molecule has 0 radical (unpaired) electrons. The highest BCUT2D eigenvalue weighted by molar-refractivity contribution is 5.89. The number of methoxy groups -OCH3 is 2. The highest BCUT2D eigenvalue weighted by Crippen LogP contribution is 2.34. The number of amides is 4. The predicted octanol–water partition coefficient (Wildman–Crippen LogP) is 2.53. The molecule has 0 bridgehead atoms. The number of nitrogens with one attached hydrogen (secondary N) is 2. The zero-order valence-electron chi connectivity index (χ0n) is 29.9. The van der Waals surface area contributed by atoms with Gasteiger partial charge in [0.15, 0.2) is 0 Å². The van der Waals surface area contributed by atoms with Gasteiger partial charge in [0, 0.05) is 27.8 Å². The van der Waals surface area contributed by atoms with Crippen molar-refractivity contribution in [3.05, 3.63) is 35.9 Å². The van der Waals surface area contributed by atoms with E-state index in [4.69, 9.17) is 15.2 Å². The largest absolute Gasteiger partial charge is 0.386 e. The number of aliphatic hydroxyl groups excluding tert-OH is 1. The van der Waals surface area contributed by atoms with Crippen molar-refractivity contribution in [2.75, 3.05) is 34.4 Å². The molecule has 5 N–H and O–H groups in total. The van der Waals surface area contributed by atoms with Gasteiger partial charge in [0.25, 0.3) is 0 Å². The number of nitrogens with zero attached hydrogens (tertiary/aromatic N) is 2. The highest BCUT2D eigenvalue weighted by atomic mass is 16.5. The summed E-state index contributed by atoms with van der Waals surface area (Å²) >= 11 is 0. The Bertz CT molecular complexity index is 1200. The van der Waals surface area contributed by atoms with E-state index in [0.717, 1.165) is 38.5 Å². The summed E-state index contributed by atoms with van der Waals surface area (Å²) in [5.74, 6) is -1.53. The van der Waals surface area contributed by atoms with E-state index >= 15 is 0 Å². The number of hydrogen-bond donors (Lipinski definition) is 4. The van der Waals surface area contributed by atoms with Crippen LogP contribution < -0.4 is 16.4 Å². The normalized spacial score (nSPS) is 21.0. The van der Waals surface area contributed by atoms with E-state index in [9.17, 15) is 24.3 Å². The number of likely N-dealkylation sites (tertiary alicyclic amines) is 1. The van der Waals surface area contributed by atoms with Crippen LogP contribution in [0.25, 0.3) is 0 Å². The lowest BCUT2D eigenvalue weighted by Crippen LogP contribution is -2.56. The standard InChI is InChI=1S/C36H59N5O7/c1-23(34(45)39-24(2)32(44)26-17-12-9-13-18-26)33(48-7)27-19-14-20-41(27)29(42)21-28(47-6)31(25-15-10-8-11-16-25)40(5)30(43)22-38-35(46)36(3,4)37/h9,12-13,17-18,23-25,27-28,31-33,44H,8,10-11,14-16,19-22,37H2,1-7H3,(H,38,46)(H,39,45). The molecule has 270 valence electrons. The van der Waals surface area contributed by atoms with Crippen LogP contribution >= 0.6 is 0 Å². The van der Waals surface area contributed by atoms with Gasteiger partial charge in [-0.2, -0.15) is 0 Å². The van der Waals surface area contributed by atoms with E-state index in [-0.39, 0.29) is 48.7 Å². The van der Waals surface area contributed by atoms with Gasteiger partial charge in [-0.3, -0.25) is 19.2 Å². The maximum atomic E-state index is 14.0. The Kier molecular flexibility index (Phi) is 14.8. The fraction of sp³-hybridized carbons (Fsp3) is 0.722. The summed E-state index contributed by atoms with van der Waals surface area (Å²) in [6.07, 6.45) is 4.55. The van der Waals surface area contributed by atoms with Gasteiger partial charge in [-0.1, -0.05) is 56.5 Å². The fourth-order valence-electron chi connectivity index (χ4n) is 7.31. The van der Waals surface area contributed by atoms with Gasteiger partial charge in [-0.15, -0.1) is 0 Å². The molecule has 0 spiro atoms. The Hall–Kier alpha value is -3.06. The molecule has 1 aromatic rings. The first-order valence-electron chi connectivity index (χ1n) is 17.4. The smallest absolute Gasteiger partial charge is 0.242 e. The van der Waals surface area contributed by atoms with E-state index in [1.54, 1.807) is 58.8 Å². The molecule has 2 fully saturated rings. The number of carbonyl (C=O) groups excluding carboxylic acids is 4. The Balaban J connectivity index is 1.72. The van der Waals surface area contributed by atoms with Gasteiger partial charge < -0.3 is 40.7 Å². The number of nitrogens with two attached hydrogens (primary N) is 1. The van der Waals surface area contributed by atoms with Crippen LogP contribution in [0.3, 0.4) is 0 Å². The maximum Gasteiger partial charge on any atom is 0.242 e. The average molecular weight is 674 g/mol. The monoisotopic (exact) mass is 673 g/mol. The van der Waals surface area contributed by atoms with Gasteiger partial charge in [0.05, 0.1) is 60.9 Å². The van der Waals surface area contributed by atoms with Gasteiger partial charge in [0.2, 0.25) is 23.6 Å². The number of benzene rings is 1. The number of hydrogen-bond acceptors (Lipinski definition) is 8. The molecule has 48 heavy (non-hydrogen) atoms. The third-order valence-electron chi connectivity index (χ3n) is 10.2. The molecule has 1 heterocycles. The predicted molar refractivity (Wildman–Crippen MR) is 184 cm³/mol. The van der Waals surface area contributed by atoms with E-state index < -0.39 is 41.7 Å². The molecule has 3 rings (SSSR count). The summed E-state index contributed by atoms with van der Waals surface area (Å²) in [6, 6.07) is 7.96. The van der Waals surface area contributed by atoms with Crippen LogP contribution in [0.4, 0.5) is 0 Å². The number of carbonyl (C=O) groups is 4. The van der Waals surface area contributed by atoms with Gasteiger partial charge in [0.1, 0.15) is 0 Å². The fourth-order valence-corrected chi connectivity index (χ4v) is 7.31. The summed E-state index contributed by atoms with van der Waals surface area (Å²) in [6.45, 7) is 7.04. The van der Waals surface area contributed by atoms with Gasteiger partial charge in [-0.05, 0) is 57.9 Å². The molecular formula is C36H59N5O7. The molecule has 4 amide bonds. The lowest BCUT2D eigenvalue weighted by molar-refractivity contribution is -0.146. The van der Waals surface area contributed by atoms with Crippen molar-refractivity contribution in [3.63, 3.8) is 0 Å². The molecule has 7 atom stereocenters. The zero-order chi connectivity index (χ0) is 35.6. The quantitative estimate of drug-likeness (QED) is 0.208. The number of aliphatic hydroxyl groups is 1. The lowest BCUT2D eigenvalue weighted by atomic mass is 9.80. The van der Waals surface area contributed by atoms with Crippen molar-refractivity contribution in [3.8, 4) is 0 Å². The van der Waals surface area contributed by atoms with Crippen LogP contribution in [0.15, 0.2) is 30.3 Å². The summed E-state index contributed by atoms with van der Waals surface area (Å²) in [4.78, 5) is 56.6. The van der Waals surface area contributed by atoms with E-state index in [0.29, 0.717) is 18.5 Å². The second-order valence-electron chi connectivity index (χ2n) is 14.2. The topological polar surface area (TPSA) is 164 Å². The Morgan fingerprint density at radius 2 is 1.67 bits per heavy atom. The highest BCUT2D eigenvalue weighted by Gasteiger charge is 2.43. The molecule has 1 aliphatic carbocycles. The molecule has 1 saturated carbocycles. The van der Waals surface area contributed by atoms with Crippen LogP contribution in [-0.2, 0) is 28.7 Å². The molecule has 0 aromatic heterocycles. The minimum absolute atomic E-state index is 0.0608. The number of rotatable bonds is 16. The average Bonchev–Trinajstić information content (AvgIpc) is 3.56. The van der Waals surface area contributed by atoms with Crippen LogP contribution in [0.5, 0.6) is 0 Å². The summed E-state index contributed by atoms with van der Waals surface area (Å²) < 4.78 is 11.9. The Morgan fingerprint density at radius 3 is 2.25 bits per heavy atom. The van der Waals surface area contributed by atoms with Crippen LogP contribution in [0.1, 0.15) is 90.7 Å². The molecule has 1 saturated heterocycles. The first-order chi connectivity index (χ1) is 22.7. The SMILES string of the molecule is COC(CC(=O)N1CCCC1C(OC)C(C)C(=O)NC(C)C(O)c1ccccc1)C(C1CCCCC1)N(C)C(=O)CNC(=O)C(C)(C)N. The van der Waals surface area contributed by atoms with Gasteiger partial charge >= 0.3 is 0 Å². The van der Waals surface area contributed by atoms with Crippen molar-refractivity contribution in [1.29, 1.82) is 0 Å². The molecule has 12 heteroatoms. The lowest BCUT2D eigenvalue weighted by Gasteiger charge is -2.41. The second-order valence-corrected chi connectivity index (χ2v) is 14.2. The number of ether oxygens (including phenoxy) is 2. The van der Waals surface area contributed by atoms with Crippen LogP contribution in [0.2, 0.25) is 0 Å². The molecule has 1 aromatic carbocycles. The summed E-state index contributed by atoms with van der Waals surface area (Å²) in [5, 5.41) is 16.4. The van der Waals surface area contributed by atoms with E-state index in [1.807, 2.05) is 30.3 Å². The molecule has 12 nitrogen and oxygen atoms in total. The third-order valence-corrected chi connectivity index (χ3v) is 10.2. The van der Waals surface area contributed by atoms with Gasteiger partial charge in [-0.25, -0.2) is 0 Å². The first kappa shape index (κ1) is 39.4. The zero-order valence-corrected chi connectivity index (χ0v) is 29.9. The van der Waals surface area contributed by atoms with Crippen molar-refractivity contribution >= 4 is 23.6 Å². The second kappa shape index (κ2) is 18.1. The Morgan fingerprint density at radius 1 is 1.02 bits per heavy atom. The maximum absolute atomic E-state index is 14.0. The summed E-state index contributed by atoms with van der Waals surface area (Å²) in [5.41, 5.74) is 5.49. The molecule has 2 aliphatic rings. The van der Waals surface area contributed by atoms with E-state index in [2.05, 4.69) is 10.6 Å². The minimum atomic E-state index is -1.12. The van der Waals surface area contributed by atoms with Crippen LogP contribution in [0, 0.1) is 11.8 Å². The van der Waals surface area contributed by atoms with Crippen molar-refractivity contribution < 1.29 is 33.8 Å². The number of likely N-dealkylation sites (N-methyl/N-ethyl adjacent to an activating group) is 1. The molecule has 7 unspecified atom stereocenters. The van der Waals surface area contributed by atoms with Crippen molar-refractivity contribution in [2.45, 2.75) is 121 Å².